The van der Waals surface area contributed by atoms with Gasteiger partial charge in [-0.3, -0.25) is 0 Å². The van der Waals surface area contributed by atoms with Gasteiger partial charge in [-0.05, 0) is 72.8 Å². The number of benzene rings is 5. The Balaban J connectivity index is 1.52. The van der Waals surface area contributed by atoms with Crippen LogP contribution in [0.2, 0.25) is 0 Å². The first-order valence-corrected chi connectivity index (χ1v) is 13.7. The standard InChI is InChI=1S/C32H17N2O3P/c33-18-20-6-10-29-25(14-20)27-16-23(8-12-31(27)36-29)38(35,22-4-2-1-3-5-22)24-9-13-32-28(17-24)26-15-21(19-34)7-11-30(26)37-32/h1-17H. The second-order valence-corrected chi connectivity index (χ2v) is 11.9. The van der Waals surface area contributed by atoms with Gasteiger partial charge in [-0.25, -0.2) is 0 Å². The Kier molecular flexibility index (Phi) is 4.79. The molecule has 7 rings (SSSR count). The lowest BCUT2D eigenvalue weighted by Crippen LogP contribution is -2.25. The number of nitrogens with zero attached hydrogens (tertiary/aromatic N) is 2. The molecule has 0 saturated carbocycles. The van der Waals surface area contributed by atoms with Crippen molar-refractivity contribution < 1.29 is 13.4 Å². The maximum atomic E-state index is 15.3. The molecule has 2 heterocycles. The van der Waals surface area contributed by atoms with E-state index in [1.165, 1.54) is 0 Å². The molecule has 0 radical (unpaired) electrons. The van der Waals surface area contributed by atoms with E-state index >= 15 is 4.57 Å². The molecular weight excluding hydrogens is 491 g/mol. The molecule has 0 aliphatic rings. The van der Waals surface area contributed by atoms with Crippen molar-refractivity contribution >= 4 is 66.9 Å². The first-order valence-electron chi connectivity index (χ1n) is 12.0. The van der Waals surface area contributed by atoms with Crippen LogP contribution in [0.25, 0.3) is 43.9 Å². The van der Waals surface area contributed by atoms with Gasteiger partial charge in [0.2, 0.25) is 0 Å². The minimum Gasteiger partial charge on any atom is -0.456 e. The Bertz CT molecular complexity index is 2060. The minimum absolute atomic E-state index is 0.533. The van der Waals surface area contributed by atoms with Crippen LogP contribution in [0, 0.1) is 22.7 Å². The van der Waals surface area contributed by atoms with Crippen LogP contribution >= 0.6 is 7.14 Å². The zero-order valence-electron chi connectivity index (χ0n) is 19.9. The molecular formula is C32H17N2O3P. The zero-order valence-corrected chi connectivity index (χ0v) is 20.8. The highest BCUT2D eigenvalue weighted by molar-refractivity contribution is 7.85. The summed E-state index contributed by atoms with van der Waals surface area (Å²) in [6, 6.07) is 35.7. The van der Waals surface area contributed by atoms with Gasteiger partial charge < -0.3 is 13.4 Å². The van der Waals surface area contributed by atoms with Crippen molar-refractivity contribution in [3.63, 3.8) is 0 Å². The molecule has 2 aromatic heterocycles. The molecule has 0 amide bonds. The second-order valence-electron chi connectivity index (χ2n) is 9.16. The Morgan fingerprint density at radius 2 is 0.921 bits per heavy atom. The SMILES string of the molecule is N#Cc1ccc2oc3ccc(P(=O)(c4ccccc4)c4ccc5oc6ccc(C#N)cc6c5c4)cc3c2c1. The third-order valence-corrected chi connectivity index (χ3v) is 10.0. The molecule has 0 unspecified atom stereocenters. The van der Waals surface area contributed by atoms with Crippen LogP contribution in [0.15, 0.2) is 112 Å². The number of fused-ring (bicyclic) bond motifs is 6. The predicted octanol–water partition coefficient (Wildman–Crippen LogP) is 6.87. The number of hydrogen-bond donors (Lipinski definition) is 0. The van der Waals surface area contributed by atoms with Crippen molar-refractivity contribution in [2.24, 2.45) is 0 Å². The molecule has 6 heteroatoms. The van der Waals surface area contributed by atoms with Crippen LogP contribution in [-0.4, -0.2) is 0 Å². The van der Waals surface area contributed by atoms with Crippen LogP contribution in [0.5, 0.6) is 0 Å². The van der Waals surface area contributed by atoms with Gasteiger partial charge in [-0.1, -0.05) is 30.3 Å². The number of rotatable bonds is 3. The van der Waals surface area contributed by atoms with Gasteiger partial charge >= 0.3 is 0 Å². The molecule has 7 aromatic rings. The maximum absolute atomic E-state index is 15.3. The lowest BCUT2D eigenvalue weighted by atomic mass is 10.1. The minimum atomic E-state index is -3.34. The molecule has 0 aliphatic carbocycles. The van der Waals surface area contributed by atoms with Crippen molar-refractivity contribution in [3.8, 4) is 12.1 Å². The number of furan rings is 2. The fraction of sp³-hybridized carbons (Fsp3) is 0. The van der Waals surface area contributed by atoms with Gasteiger partial charge in [0.1, 0.15) is 22.3 Å². The van der Waals surface area contributed by atoms with E-state index in [2.05, 4.69) is 12.1 Å². The van der Waals surface area contributed by atoms with E-state index < -0.39 is 7.14 Å². The van der Waals surface area contributed by atoms with Crippen LogP contribution in [-0.2, 0) is 4.57 Å². The van der Waals surface area contributed by atoms with Gasteiger partial charge in [0.05, 0.1) is 23.3 Å². The average Bonchev–Trinajstić information content (AvgIpc) is 3.53. The fourth-order valence-electron chi connectivity index (χ4n) is 5.15. The Hall–Kier alpha value is -5.09. The Labute approximate surface area is 217 Å². The van der Waals surface area contributed by atoms with Gasteiger partial charge in [0.15, 0.2) is 7.14 Å². The number of hydrogen-bond acceptors (Lipinski definition) is 5. The van der Waals surface area contributed by atoms with Crippen LogP contribution < -0.4 is 15.9 Å². The lowest BCUT2D eigenvalue weighted by molar-refractivity contribution is 0.592. The van der Waals surface area contributed by atoms with Crippen LogP contribution in [0.3, 0.4) is 0 Å². The zero-order chi connectivity index (χ0) is 25.9. The normalized spacial score (nSPS) is 11.7. The van der Waals surface area contributed by atoms with Crippen LogP contribution in [0.4, 0.5) is 0 Å². The van der Waals surface area contributed by atoms with Gasteiger partial charge in [0.25, 0.3) is 0 Å². The van der Waals surface area contributed by atoms with Gasteiger partial charge in [-0.2, -0.15) is 10.5 Å². The molecule has 0 spiro atoms. The smallest absolute Gasteiger partial charge is 0.171 e. The Morgan fingerprint density at radius 3 is 1.37 bits per heavy atom. The summed E-state index contributed by atoms with van der Waals surface area (Å²) in [5.74, 6) is 0. The van der Waals surface area contributed by atoms with Crippen molar-refractivity contribution in [2.45, 2.75) is 0 Å². The van der Waals surface area contributed by atoms with Crippen molar-refractivity contribution in [1.29, 1.82) is 10.5 Å². The second kappa shape index (κ2) is 8.22. The highest BCUT2D eigenvalue weighted by Crippen LogP contribution is 2.45. The summed E-state index contributed by atoms with van der Waals surface area (Å²) in [4.78, 5) is 0. The number of nitriles is 2. The summed E-state index contributed by atoms with van der Waals surface area (Å²) in [5.41, 5.74) is 3.74. The predicted molar refractivity (Wildman–Crippen MR) is 150 cm³/mol. The summed E-state index contributed by atoms with van der Waals surface area (Å²) in [7, 11) is -3.34. The largest absolute Gasteiger partial charge is 0.456 e. The molecule has 5 aromatic carbocycles. The van der Waals surface area contributed by atoms with E-state index in [-0.39, 0.29) is 0 Å². The van der Waals surface area contributed by atoms with E-state index in [9.17, 15) is 10.5 Å². The van der Waals surface area contributed by atoms with E-state index in [4.69, 9.17) is 8.83 Å². The molecule has 0 atom stereocenters. The summed E-state index contributed by atoms with van der Waals surface area (Å²) in [6.45, 7) is 0. The quantitative estimate of drug-likeness (QED) is 0.243. The summed E-state index contributed by atoms with van der Waals surface area (Å²) in [5, 5.41) is 24.1. The molecule has 178 valence electrons. The first kappa shape index (κ1) is 22.1. The molecule has 0 N–H and O–H groups in total. The Morgan fingerprint density at radius 1 is 0.500 bits per heavy atom. The summed E-state index contributed by atoms with van der Waals surface area (Å²) in [6.07, 6.45) is 0. The average molecular weight is 508 g/mol. The van der Waals surface area contributed by atoms with E-state index in [0.29, 0.717) is 49.4 Å². The first-order chi connectivity index (χ1) is 18.6. The van der Waals surface area contributed by atoms with Gasteiger partial charge in [-0.15, -0.1) is 0 Å². The third-order valence-electron chi connectivity index (χ3n) is 7.01. The van der Waals surface area contributed by atoms with Crippen molar-refractivity contribution in [1.82, 2.24) is 0 Å². The fourth-order valence-corrected chi connectivity index (χ4v) is 7.82. The van der Waals surface area contributed by atoms with E-state index in [1.807, 2.05) is 66.7 Å². The van der Waals surface area contributed by atoms with Crippen molar-refractivity contribution in [3.05, 3.63) is 114 Å². The molecule has 5 nitrogen and oxygen atoms in total. The highest BCUT2D eigenvalue weighted by Gasteiger charge is 2.31. The monoisotopic (exact) mass is 508 g/mol. The molecule has 0 aliphatic heterocycles. The molecule has 0 fully saturated rings. The topological polar surface area (TPSA) is 90.9 Å². The molecule has 38 heavy (non-hydrogen) atoms. The van der Waals surface area contributed by atoms with Crippen molar-refractivity contribution in [2.75, 3.05) is 0 Å². The summed E-state index contributed by atoms with van der Waals surface area (Å²) >= 11 is 0. The van der Waals surface area contributed by atoms with E-state index in [0.717, 1.165) is 21.5 Å². The van der Waals surface area contributed by atoms with Crippen LogP contribution in [0.1, 0.15) is 11.1 Å². The lowest BCUT2D eigenvalue weighted by Gasteiger charge is -2.20. The van der Waals surface area contributed by atoms with E-state index in [1.54, 1.807) is 36.4 Å². The summed E-state index contributed by atoms with van der Waals surface area (Å²) < 4.78 is 27.3. The van der Waals surface area contributed by atoms with Gasteiger partial charge in [0, 0.05) is 37.5 Å². The molecule has 0 saturated heterocycles. The highest BCUT2D eigenvalue weighted by atomic mass is 31.2. The molecule has 0 bridgehead atoms. The maximum Gasteiger partial charge on any atom is 0.171 e. The third kappa shape index (κ3) is 3.20.